The van der Waals surface area contributed by atoms with Crippen LogP contribution in [0.4, 0.5) is 0 Å². The SMILES string of the molecule is C.CC(=O)N1CCC(C)CC1.CN. The molecule has 2 N–H and O–H groups in total. The van der Waals surface area contributed by atoms with Crippen LogP contribution in [-0.2, 0) is 4.79 Å². The van der Waals surface area contributed by atoms with Crippen molar-refractivity contribution < 1.29 is 4.79 Å². The van der Waals surface area contributed by atoms with Gasteiger partial charge in [0.05, 0.1) is 0 Å². The van der Waals surface area contributed by atoms with Gasteiger partial charge in [0.1, 0.15) is 0 Å². The van der Waals surface area contributed by atoms with E-state index in [1.165, 1.54) is 19.9 Å². The van der Waals surface area contributed by atoms with Crippen molar-refractivity contribution in [1.29, 1.82) is 0 Å². The minimum absolute atomic E-state index is 0. The third-order valence-corrected chi connectivity index (χ3v) is 2.23. The van der Waals surface area contributed by atoms with Crippen molar-refractivity contribution in [3.8, 4) is 0 Å². The first-order chi connectivity index (χ1) is 5.70. The van der Waals surface area contributed by atoms with Crippen LogP contribution in [0.25, 0.3) is 0 Å². The van der Waals surface area contributed by atoms with Gasteiger partial charge in [0.15, 0.2) is 0 Å². The highest BCUT2D eigenvalue weighted by atomic mass is 16.2. The monoisotopic (exact) mass is 188 g/mol. The molecule has 1 amide bonds. The fourth-order valence-electron chi connectivity index (χ4n) is 1.32. The lowest BCUT2D eigenvalue weighted by molar-refractivity contribution is -0.130. The normalized spacial score (nSPS) is 16.8. The highest BCUT2D eigenvalue weighted by Crippen LogP contribution is 2.15. The Balaban J connectivity index is 0. The molecule has 1 aliphatic rings. The first kappa shape index (κ1) is 14.9. The maximum absolute atomic E-state index is 10.8. The maximum Gasteiger partial charge on any atom is 0.219 e. The predicted octanol–water partition coefficient (Wildman–Crippen LogP) is 1.48. The summed E-state index contributed by atoms with van der Waals surface area (Å²) in [5.41, 5.74) is 4.50. The van der Waals surface area contributed by atoms with Crippen LogP contribution in [0.15, 0.2) is 0 Å². The molecule has 0 aromatic carbocycles. The molecule has 0 spiro atoms. The molecule has 1 rings (SSSR count). The van der Waals surface area contributed by atoms with E-state index in [1.54, 1.807) is 6.92 Å². The highest BCUT2D eigenvalue weighted by Gasteiger charge is 2.16. The van der Waals surface area contributed by atoms with Crippen molar-refractivity contribution in [2.24, 2.45) is 11.7 Å². The van der Waals surface area contributed by atoms with Gasteiger partial charge in [-0.05, 0) is 25.8 Å². The summed E-state index contributed by atoms with van der Waals surface area (Å²) in [6, 6.07) is 0. The van der Waals surface area contributed by atoms with E-state index in [-0.39, 0.29) is 13.3 Å². The minimum Gasteiger partial charge on any atom is -0.343 e. The Hall–Kier alpha value is -0.570. The number of carbonyl (C=O) groups excluding carboxylic acids is 1. The summed E-state index contributed by atoms with van der Waals surface area (Å²) in [6.07, 6.45) is 2.36. The van der Waals surface area contributed by atoms with Crippen molar-refractivity contribution in [2.75, 3.05) is 20.1 Å². The Morgan fingerprint density at radius 2 is 1.69 bits per heavy atom. The molecular weight excluding hydrogens is 164 g/mol. The third kappa shape index (κ3) is 5.64. The Kier molecular flexibility index (Phi) is 9.24. The Bertz CT molecular complexity index is 129. The zero-order valence-electron chi connectivity index (χ0n) is 8.34. The molecule has 0 saturated carbocycles. The van der Waals surface area contributed by atoms with Crippen LogP contribution in [0.1, 0.15) is 34.1 Å². The van der Waals surface area contributed by atoms with Crippen LogP contribution in [-0.4, -0.2) is 30.9 Å². The van der Waals surface area contributed by atoms with Gasteiger partial charge in [-0.2, -0.15) is 0 Å². The van der Waals surface area contributed by atoms with Gasteiger partial charge in [0.25, 0.3) is 0 Å². The zero-order valence-corrected chi connectivity index (χ0v) is 8.34. The van der Waals surface area contributed by atoms with Gasteiger partial charge in [-0.3, -0.25) is 4.79 Å². The van der Waals surface area contributed by atoms with Crippen LogP contribution < -0.4 is 5.73 Å². The maximum atomic E-state index is 10.8. The summed E-state index contributed by atoms with van der Waals surface area (Å²) < 4.78 is 0. The van der Waals surface area contributed by atoms with E-state index >= 15 is 0 Å². The topological polar surface area (TPSA) is 46.3 Å². The number of likely N-dealkylation sites (tertiary alicyclic amines) is 1. The van der Waals surface area contributed by atoms with Gasteiger partial charge in [-0.25, -0.2) is 0 Å². The van der Waals surface area contributed by atoms with Crippen LogP contribution >= 0.6 is 0 Å². The second kappa shape index (κ2) is 8.05. The number of hydrogen-bond donors (Lipinski definition) is 1. The van der Waals surface area contributed by atoms with Crippen LogP contribution in [0.2, 0.25) is 0 Å². The molecule has 0 atom stereocenters. The first-order valence-electron chi connectivity index (χ1n) is 4.53. The van der Waals surface area contributed by atoms with Crippen molar-refractivity contribution in [1.82, 2.24) is 4.90 Å². The number of rotatable bonds is 0. The molecule has 0 bridgehead atoms. The average molecular weight is 188 g/mol. The van der Waals surface area contributed by atoms with E-state index in [0.29, 0.717) is 0 Å². The van der Waals surface area contributed by atoms with Crippen LogP contribution in [0.3, 0.4) is 0 Å². The summed E-state index contributed by atoms with van der Waals surface area (Å²) in [4.78, 5) is 12.8. The van der Waals surface area contributed by atoms with Gasteiger partial charge in [-0.15, -0.1) is 0 Å². The number of amides is 1. The molecule has 1 heterocycles. The summed E-state index contributed by atoms with van der Waals surface area (Å²) in [6.45, 7) is 5.83. The molecule has 80 valence electrons. The lowest BCUT2D eigenvalue weighted by Crippen LogP contribution is -2.36. The van der Waals surface area contributed by atoms with E-state index in [0.717, 1.165) is 19.0 Å². The van der Waals surface area contributed by atoms with Crippen molar-refractivity contribution in [3.63, 3.8) is 0 Å². The van der Waals surface area contributed by atoms with Gasteiger partial charge in [0.2, 0.25) is 5.91 Å². The minimum atomic E-state index is 0. The molecule has 0 aliphatic carbocycles. The Labute approximate surface area is 82.3 Å². The van der Waals surface area contributed by atoms with Gasteiger partial charge in [0, 0.05) is 20.0 Å². The van der Waals surface area contributed by atoms with Gasteiger partial charge < -0.3 is 10.6 Å². The van der Waals surface area contributed by atoms with E-state index in [2.05, 4.69) is 12.7 Å². The third-order valence-electron chi connectivity index (χ3n) is 2.23. The number of nitrogens with two attached hydrogens (primary N) is 1. The molecule has 3 nitrogen and oxygen atoms in total. The highest BCUT2D eigenvalue weighted by molar-refractivity contribution is 5.73. The summed E-state index contributed by atoms with van der Waals surface area (Å²) in [7, 11) is 1.50. The predicted molar refractivity (Wildman–Crippen MR) is 57.5 cm³/mol. The Morgan fingerprint density at radius 3 is 2.00 bits per heavy atom. The quantitative estimate of drug-likeness (QED) is 0.626. The van der Waals surface area contributed by atoms with Crippen LogP contribution in [0.5, 0.6) is 0 Å². The van der Waals surface area contributed by atoms with Gasteiger partial charge in [-0.1, -0.05) is 14.4 Å². The smallest absolute Gasteiger partial charge is 0.219 e. The van der Waals surface area contributed by atoms with Crippen molar-refractivity contribution in [3.05, 3.63) is 0 Å². The fourth-order valence-corrected chi connectivity index (χ4v) is 1.32. The number of carbonyl (C=O) groups is 1. The number of nitrogens with zero attached hydrogens (tertiary/aromatic N) is 1. The standard InChI is InChI=1S/C8H15NO.CH5N.CH4/c1-7-3-5-9(6-4-7)8(2)10;1-2;/h7H,3-6H2,1-2H3;2H2,1H3;1H4. The van der Waals surface area contributed by atoms with Gasteiger partial charge >= 0.3 is 0 Å². The summed E-state index contributed by atoms with van der Waals surface area (Å²) in [5.74, 6) is 1.04. The lowest BCUT2D eigenvalue weighted by Gasteiger charge is -2.29. The summed E-state index contributed by atoms with van der Waals surface area (Å²) in [5, 5.41) is 0. The Morgan fingerprint density at radius 1 is 1.31 bits per heavy atom. The largest absolute Gasteiger partial charge is 0.343 e. The second-order valence-electron chi connectivity index (χ2n) is 3.19. The van der Waals surface area contributed by atoms with Crippen molar-refractivity contribution in [2.45, 2.75) is 34.1 Å². The van der Waals surface area contributed by atoms with E-state index in [1.807, 2.05) is 4.90 Å². The molecule has 0 aromatic heterocycles. The molecule has 0 unspecified atom stereocenters. The van der Waals surface area contributed by atoms with E-state index in [9.17, 15) is 4.79 Å². The lowest BCUT2D eigenvalue weighted by atomic mass is 9.99. The van der Waals surface area contributed by atoms with Crippen LogP contribution in [0, 0.1) is 5.92 Å². The molecule has 0 radical (unpaired) electrons. The number of piperidine rings is 1. The molecule has 3 heteroatoms. The van der Waals surface area contributed by atoms with E-state index < -0.39 is 0 Å². The average Bonchev–Trinajstić information content (AvgIpc) is 2.09. The molecule has 0 aromatic rings. The fraction of sp³-hybridized carbons (Fsp3) is 0.900. The first-order valence-corrected chi connectivity index (χ1v) is 4.53. The molecule has 13 heavy (non-hydrogen) atoms. The zero-order chi connectivity index (χ0) is 9.56. The molecule has 1 saturated heterocycles. The summed E-state index contributed by atoms with van der Waals surface area (Å²) >= 11 is 0. The second-order valence-corrected chi connectivity index (χ2v) is 3.19. The number of hydrogen-bond acceptors (Lipinski definition) is 2. The molecule has 1 aliphatic heterocycles. The van der Waals surface area contributed by atoms with Crippen molar-refractivity contribution >= 4 is 5.91 Å². The molecule has 1 fully saturated rings. The molecular formula is C10H24N2O. The van der Waals surface area contributed by atoms with E-state index in [4.69, 9.17) is 0 Å².